The Bertz CT molecular complexity index is 1030. The molecule has 0 radical (unpaired) electrons. The maximum absolute atomic E-state index is 12.5. The van der Waals surface area contributed by atoms with Crippen LogP contribution in [0.2, 0.25) is 5.02 Å². The van der Waals surface area contributed by atoms with E-state index in [4.69, 9.17) is 11.6 Å². The first-order valence-corrected chi connectivity index (χ1v) is 8.93. The van der Waals surface area contributed by atoms with Crippen molar-refractivity contribution in [2.75, 3.05) is 19.0 Å². The molecule has 3 rings (SSSR count). The predicted octanol–water partition coefficient (Wildman–Crippen LogP) is 2.97. The first kappa shape index (κ1) is 19.4. The van der Waals surface area contributed by atoms with Crippen molar-refractivity contribution in [3.8, 4) is 5.69 Å². The molecule has 0 saturated carbocycles. The summed E-state index contributed by atoms with van der Waals surface area (Å²) in [6, 6.07) is 14.3. The molecule has 144 valence electrons. The van der Waals surface area contributed by atoms with Gasteiger partial charge >= 0.3 is 0 Å². The zero-order valence-electron chi connectivity index (χ0n) is 15.7. The Morgan fingerprint density at radius 2 is 1.75 bits per heavy atom. The third-order valence-corrected chi connectivity index (χ3v) is 4.46. The van der Waals surface area contributed by atoms with Gasteiger partial charge in [0.05, 0.1) is 23.1 Å². The number of hydrogen-bond acceptors (Lipinski definition) is 4. The molecule has 0 atom stereocenters. The number of hydrogen-bond donors (Lipinski definition) is 2. The molecule has 2 N–H and O–H groups in total. The van der Waals surface area contributed by atoms with Crippen molar-refractivity contribution in [2.24, 2.45) is 0 Å². The van der Waals surface area contributed by atoms with Gasteiger partial charge in [0.25, 0.3) is 11.8 Å². The molecule has 2 amide bonds. The first-order chi connectivity index (χ1) is 13.4. The van der Waals surface area contributed by atoms with Gasteiger partial charge in [-0.3, -0.25) is 20.4 Å². The van der Waals surface area contributed by atoms with E-state index in [2.05, 4.69) is 16.0 Å². The van der Waals surface area contributed by atoms with Crippen LogP contribution in [0.1, 0.15) is 26.4 Å². The molecule has 0 unspecified atom stereocenters. The Balaban J connectivity index is 1.70. The third-order valence-electron chi connectivity index (χ3n) is 4.22. The summed E-state index contributed by atoms with van der Waals surface area (Å²) in [5.41, 5.74) is 7.92. The topological polar surface area (TPSA) is 79.3 Å². The van der Waals surface area contributed by atoms with E-state index in [0.717, 1.165) is 11.4 Å². The highest BCUT2D eigenvalue weighted by Gasteiger charge is 2.16. The summed E-state index contributed by atoms with van der Waals surface area (Å²) in [6.07, 6.45) is 1.45. The van der Waals surface area contributed by atoms with E-state index in [1.807, 2.05) is 31.1 Å². The number of halogens is 1. The maximum Gasteiger partial charge on any atom is 0.273 e. The Morgan fingerprint density at radius 3 is 2.46 bits per heavy atom. The lowest BCUT2D eigenvalue weighted by Crippen LogP contribution is -2.41. The Labute approximate surface area is 167 Å². The van der Waals surface area contributed by atoms with Crippen molar-refractivity contribution in [3.05, 3.63) is 76.6 Å². The quantitative estimate of drug-likeness (QED) is 0.663. The van der Waals surface area contributed by atoms with Gasteiger partial charge in [-0.2, -0.15) is 5.10 Å². The summed E-state index contributed by atoms with van der Waals surface area (Å²) in [5, 5.41) is 4.82. The molecule has 0 aliphatic rings. The van der Waals surface area contributed by atoms with Gasteiger partial charge in [0, 0.05) is 30.4 Å². The van der Waals surface area contributed by atoms with E-state index in [1.54, 1.807) is 48.0 Å². The fraction of sp³-hybridized carbons (Fsp3) is 0.150. The summed E-state index contributed by atoms with van der Waals surface area (Å²) in [5.74, 6) is -0.861. The fourth-order valence-electron chi connectivity index (χ4n) is 2.68. The molecule has 3 aromatic rings. The minimum atomic E-state index is -0.456. The minimum absolute atomic E-state index is 0.349. The Hall–Kier alpha value is -3.32. The van der Waals surface area contributed by atoms with E-state index in [-0.39, 0.29) is 0 Å². The first-order valence-electron chi connectivity index (χ1n) is 8.55. The molecule has 0 saturated heterocycles. The highest BCUT2D eigenvalue weighted by molar-refractivity contribution is 6.30. The summed E-state index contributed by atoms with van der Waals surface area (Å²) in [6.45, 7) is 1.77. The van der Waals surface area contributed by atoms with Gasteiger partial charge in [0.15, 0.2) is 0 Å². The smallest absolute Gasteiger partial charge is 0.273 e. The van der Waals surface area contributed by atoms with E-state index >= 15 is 0 Å². The van der Waals surface area contributed by atoms with E-state index in [1.165, 1.54) is 6.20 Å². The highest BCUT2D eigenvalue weighted by Crippen LogP contribution is 2.18. The zero-order valence-corrected chi connectivity index (χ0v) is 16.5. The number of rotatable bonds is 4. The Morgan fingerprint density at radius 1 is 1.04 bits per heavy atom. The molecule has 7 nitrogen and oxygen atoms in total. The number of amides is 2. The molecule has 1 aromatic heterocycles. The second kappa shape index (κ2) is 8.14. The minimum Gasteiger partial charge on any atom is -0.378 e. The van der Waals surface area contributed by atoms with E-state index in [9.17, 15) is 9.59 Å². The number of benzene rings is 2. The van der Waals surface area contributed by atoms with Crippen LogP contribution in [-0.4, -0.2) is 35.7 Å². The van der Waals surface area contributed by atoms with Gasteiger partial charge in [-0.15, -0.1) is 0 Å². The van der Waals surface area contributed by atoms with Crippen molar-refractivity contribution < 1.29 is 9.59 Å². The second-order valence-corrected chi connectivity index (χ2v) is 6.82. The van der Waals surface area contributed by atoms with Crippen LogP contribution in [-0.2, 0) is 0 Å². The molecule has 2 aromatic carbocycles. The normalized spacial score (nSPS) is 10.4. The van der Waals surface area contributed by atoms with Gasteiger partial charge in [-0.05, 0) is 43.3 Å². The molecule has 0 aliphatic heterocycles. The molecule has 0 bridgehead atoms. The average molecular weight is 398 g/mol. The van der Waals surface area contributed by atoms with Gasteiger partial charge in [0.2, 0.25) is 0 Å². The monoisotopic (exact) mass is 397 g/mol. The zero-order chi connectivity index (χ0) is 20.3. The van der Waals surface area contributed by atoms with Crippen molar-refractivity contribution >= 4 is 29.1 Å². The fourth-order valence-corrected chi connectivity index (χ4v) is 2.86. The van der Waals surface area contributed by atoms with Gasteiger partial charge in [-0.25, -0.2) is 4.68 Å². The van der Waals surface area contributed by atoms with Crippen LogP contribution in [0.3, 0.4) is 0 Å². The lowest BCUT2D eigenvalue weighted by molar-refractivity contribution is 0.0846. The number of carbonyl (C=O) groups is 2. The molecule has 0 fully saturated rings. The van der Waals surface area contributed by atoms with Crippen molar-refractivity contribution in [3.63, 3.8) is 0 Å². The molecule has 0 spiro atoms. The summed E-state index contributed by atoms with van der Waals surface area (Å²) >= 11 is 6.02. The summed E-state index contributed by atoms with van der Waals surface area (Å²) in [7, 11) is 3.78. The van der Waals surface area contributed by atoms with Gasteiger partial charge in [-0.1, -0.05) is 23.7 Å². The Kier molecular flexibility index (Phi) is 5.65. The van der Waals surface area contributed by atoms with Gasteiger partial charge in [0.1, 0.15) is 0 Å². The number of anilines is 1. The van der Waals surface area contributed by atoms with Crippen LogP contribution in [0.25, 0.3) is 5.69 Å². The molecular formula is C20H20ClN5O2. The number of aromatic nitrogens is 2. The van der Waals surface area contributed by atoms with E-state index < -0.39 is 11.8 Å². The standard InChI is InChI=1S/C20H20ClN5O2/c1-13-18(12-22-26(13)17-9-5-7-15(21)11-17)20(28)24-23-19(27)14-6-4-8-16(10-14)25(2)3/h4-12H,1-3H3,(H,23,27)(H,24,28). The molecule has 0 aliphatic carbocycles. The summed E-state index contributed by atoms with van der Waals surface area (Å²) < 4.78 is 1.61. The second-order valence-electron chi connectivity index (χ2n) is 6.39. The number of nitrogens with zero attached hydrogens (tertiary/aromatic N) is 3. The molecule has 8 heteroatoms. The van der Waals surface area contributed by atoms with Crippen LogP contribution in [0.4, 0.5) is 5.69 Å². The summed E-state index contributed by atoms with van der Waals surface area (Å²) in [4.78, 5) is 26.7. The van der Waals surface area contributed by atoms with Crippen molar-refractivity contribution in [1.82, 2.24) is 20.6 Å². The van der Waals surface area contributed by atoms with Crippen LogP contribution in [0.15, 0.2) is 54.7 Å². The van der Waals surface area contributed by atoms with Crippen LogP contribution in [0, 0.1) is 6.92 Å². The molecule has 28 heavy (non-hydrogen) atoms. The number of nitrogens with one attached hydrogen (secondary N) is 2. The highest BCUT2D eigenvalue weighted by atomic mass is 35.5. The van der Waals surface area contributed by atoms with Gasteiger partial charge < -0.3 is 4.90 Å². The van der Waals surface area contributed by atoms with Crippen LogP contribution >= 0.6 is 11.6 Å². The number of carbonyl (C=O) groups excluding carboxylic acids is 2. The third kappa shape index (κ3) is 4.15. The van der Waals surface area contributed by atoms with Crippen molar-refractivity contribution in [2.45, 2.75) is 6.92 Å². The van der Waals surface area contributed by atoms with Crippen LogP contribution in [0.5, 0.6) is 0 Å². The lowest BCUT2D eigenvalue weighted by Gasteiger charge is -2.13. The van der Waals surface area contributed by atoms with Crippen molar-refractivity contribution in [1.29, 1.82) is 0 Å². The average Bonchev–Trinajstić information content (AvgIpc) is 3.07. The lowest BCUT2D eigenvalue weighted by atomic mass is 10.2. The van der Waals surface area contributed by atoms with E-state index in [0.29, 0.717) is 21.8 Å². The largest absolute Gasteiger partial charge is 0.378 e. The maximum atomic E-state index is 12.5. The molecular weight excluding hydrogens is 378 g/mol. The number of hydrazine groups is 1. The SMILES string of the molecule is Cc1c(C(=O)NNC(=O)c2cccc(N(C)C)c2)cnn1-c1cccc(Cl)c1. The van der Waals surface area contributed by atoms with Crippen LogP contribution < -0.4 is 15.8 Å². The predicted molar refractivity (Wildman–Crippen MR) is 109 cm³/mol. The molecule has 1 heterocycles.